The summed E-state index contributed by atoms with van der Waals surface area (Å²) in [5.74, 6) is 0.729. The minimum Gasteiger partial charge on any atom is -0.491 e. The molecule has 3 heterocycles. The Hall–Kier alpha value is -3.76. The van der Waals surface area contributed by atoms with Crippen LogP contribution < -0.4 is 20.5 Å². The molecule has 0 saturated carbocycles. The van der Waals surface area contributed by atoms with Crippen LogP contribution in [0.15, 0.2) is 60.1 Å². The average molecular weight is 533 g/mol. The second kappa shape index (κ2) is 12.2. The molecule has 10 heteroatoms. The largest absolute Gasteiger partial charge is 0.491 e. The van der Waals surface area contributed by atoms with Gasteiger partial charge in [0.2, 0.25) is 0 Å². The van der Waals surface area contributed by atoms with Crippen molar-refractivity contribution in [2.24, 2.45) is 12.8 Å². The van der Waals surface area contributed by atoms with Crippen molar-refractivity contribution >= 4 is 17.4 Å². The van der Waals surface area contributed by atoms with E-state index in [1.807, 2.05) is 46.9 Å². The summed E-state index contributed by atoms with van der Waals surface area (Å²) in [4.78, 5) is 18.7. The van der Waals surface area contributed by atoms with Gasteiger partial charge < -0.3 is 20.7 Å². The number of aromatic nitrogens is 4. The van der Waals surface area contributed by atoms with E-state index in [1.165, 1.54) is 5.56 Å². The Labute approximate surface area is 226 Å². The SMILES string of the molecule is Cn1n[n+](-c2ccc(-c3nc(CCc4ccccc4)cs3)c(OCCN3CCNC3=O)c2)cc1CCCN. The van der Waals surface area contributed by atoms with Gasteiger partial charge in [-0.1, -0.05) is 30.3 Å². The quantitative estimate of drug-likeness (QED) is 0.273. The second-order valence-corrected chi connectivity index (χ2v) is 10.2. The van der Waals surface area contributed by atoms with Gasteiger partial charge in [0.1, 0.15) is 24.4 Å². The first-order valence-electron chi connectivity index (χ1n) is 13.0. The number of urea groups is 1. The molecule has 0 spiro atoms. The third kappa shape index (κ3) is 6.20. The fourth-order valence-corrected chi connectivity index (χ4v) is 5.37. The van der Waals surface area contributed by atoms with Crippen molar-refractivity contribution in [2.45, 2.75) is 25.7 Å². The standard InChI is InChI=1S/C28H33N7O2S/c1-33-24(8-5-13-29)19-35(32-33)23-11-12-25(26(18-23)37-17-16-34-15-14-30-28(34)36)27-31-22(20-38-27)10-9-21-6-3-2-4-7-21/h2-4,6-7,11-12,18-20H,5,8-10,13-17,29H2,1H3/p+1. The maximum absolute atomic E-state index is 11.9. The van der Waals surface area contributed by atoms with Crippen molar-refractivity contribution in [1.82, 2.24) is 25.1 Å². The number of nitrogens with zero attached hydrogens (tertiary/aromatic N) is 5. The minimum absolute atomic E-state index is 0.0420. The lowest BCUT2D eigenvalue weighted by molar-refractivity contribution is -0.661. The van der Waals surface area contributed by atoms with E-state index in [1.54, 1.807) is 16.2 Å². The number of hydrogen-bond acceptors (Lipinski definition) is 6. The molecule has 3 N–H and O–H groups in total. The third-order valence-corrected chi connectivity index (χ3v) is 7.57. The average Bonchev–Trinajstić information content (AvgIpc) is 3.67. The Bertz CT molecular complexity index is 1370. The van der Waals surface area contributed by atoms with Crippen LogP contribution in [0.3, 0.4) is 0 Å². The van der Waals surface area contributed by atoms with Crippen LogP contribution in [-0.2, 0) is 26.3 Å². The predicted octanol–water partition coefficient (Wildman–Crippen LogP) is 2.90. The van der Waals surface area contributed by atoms with Gasteiger partial charge in [0.05, 0.1) is 23.0 Å². The van der Waals surface area contributed by atoms with Gasteiger partial charge in [-0.25, -0.2) is 9.78 Å². The van der Waals surface area contributed by atoms with Crippen LogP contribution in [0.4, 0.5) is 4.79 Å². The number of aryl methyl sites for hydroxylation is 4. The highest BCUT2D eigenvalue weighted by molar-refractivity contribution is 7.13. The molecular weight excluding hydrogens is 498 g/mol. The van der Waals surface area contributed by atoms with Crippen LogP contribution in [0, 0.1) is 0 Å². The molecule has 0 radical (unpaired) electrons. The molecule has 1 aliphatic heterocycles. The molecule has 2 aromatic carbocycles. The van der Waals surface area contributed by atoms with Crippen LogP contribution in [0.2, 0.25) is 0 Å². The number of carbonyl (C=O) groups is 1. The molecule has 2 aromatic heterocycles. The molecule has 9 nitrogen and oxygen atoms in total. The number of amides is 2. The number of carbonyl (C=O) groups excluding carboxylic acids is 1. The number of rotatable bonds is 12. The van der Waals surface area contributed by atoms with E-state index in [4.69, 9.17) is 15.5 Å². The zero-order valence-electron chi connectivity index (χ0n) is 21.7. The molecule has 38 heavy (non-hydrogen) atoms. The summed E-state index contributed by atoms with van der Waals surface area (Å²) in [6.45, 7) is 2.93. The molecule has 0 atom stereocenters. The van der Waals surface area contributed by atoms with Gasteiger partial charge in [0, 0.05) is 31.0 Å². The lowest BCUT2D eigenvalue weighted by Crippen LogP contribution is -2.33. The van der Waals surface area contributed by atoms with E-state index in [9.17, 15) is 4.79 Å². The topological polar surface area (TPSA) is 102 Å². The Morgan fingerprint density at radius 3 is 2.82 bits per heavy atom. The molecule has 4 aromatic rings. The third-order valence-electron chi connectivity index (χ3n) is 6.64. The van der Waals surface area contributed by atoms with Gasteiger partial charge in [-0.15, -0.1) is 20.7 Å². The summed E-state index contributed by atoms with van der Waals surface area (Å²) >= 11 is 1.62. The van der Waals surface area contributed by atoms with Gasteiger partial charge in [-0.3, -0.25) is 0 Å². The van der Waals surface area contributed by atoms with Crippen molar-refractivity contribution in [2.75, 3.05) is 32.8 Å². The highest BCUT2D eigenvalue weighted by Gasteiger charge is 2.21. The van der Waals surface area contributed by atoms with Crippen LogP contribution in [0.1, 0.15) is 23.4 Å². The molecule has 1 fully saturated rings. The van der Waals surface area contributed by atoms with Crippen molar-refractivity contribution in [3.8, 4) is 22.0 Å². The summed E-state index contributed by atoms with van der Waals surface area (Å²) in [6.07, 6.45) is 5.65. The van der Waals surface area contributed by atoms with Crippen LogP contribution >= 0.6 is 11.3 Å². The molecule has 1 aliphatic rings. The Kier molecular flexibility index (Phi) is 8.30. The molecule has 0 bridgehead atoms. The highest BCUT2D eigenvalue weighted by Crippen LogP contribution is 2.34. The molecule has 5 rings (SSSR count). The number of nitrogens with two attached hydrogens (primary N) is 1. The fourth-order valence-electron chi connectivity index (χ4n) is 4.49. The number of benzene rings is 2. The minimum atomic E-state index is -0.0420. The molecule has 2 amide bonds. The van der Waals surface area contributed by atoms with Gasteiger partial charge in [0.25, 0.3) is 0 Å². The normalized spacial score (nSPS) is 13.2. The highest BCUT2D eigenvalue weighted by atomic mass is 32.1. The fraction of sp³-hybridized carbons (Fsp3) is 0.357. The summed E-state index contributed by atoms with van der Waals surface area (Å²) in [7, 11) is 1.95. The summed E-state index contributed by atoms with van der Waals surface area (Å²) in [6, 6.07) is 16.5. The molecular formula is C28H34N7O2S+. The smallest absolute Gasteiger partial charge is 0.317 e. The van der Waals surface area contributed by atoms with Crippen molar-refractivity contribution in [1.29, 1.82) is 0 Å². The van der Waals surface area contributed by atoms with E-state index in [-0.39, 0.29) is 6.03 Å². The summed E-state index contributed by atoms with van der Waals surface area (Å²) < 4.78 is 10.0. The lowest BCUT2D eigenvalue weighted by atomic mass is 10.1. The maximum Gasteiger partial charge on any atom is 0.317 e. The van der Waals surface area contributed by atoms with Gasteiger partial charge in [-0.2, -0.15) is 0 Å². The lowest BCUT2D eigenvalue weighted by Gasteiger charge is -2.16. The van der Waals surface area contributed by atoms with Crippen molar-refractivity contribution < 1.29 is 14.2 Å². The summed E-state index contributed by atoms with van der Waals surface area (Å²) in [5.41, 5.74) is 11.0. The Morgan fingerprint density at radius 1 is 1.16 bits per heavy atom. The Morgan fingerprint density at radius 2 is 2.03 bits per heavy atom. The number of thiazole rings is 1. The van der Waals surface area contributed by atoms with Crippen molar-refractivity contribution in [3.63, 3.8) is 0 Å². The predicted molar refractivity (Wildman–Crippen MR) is 148 cm³/mol. The Balaban J connectivity index is 1.37. The monoisotopic (exact) mass is 532 g/mol. The first-order valence-corrected chi connectivity index (χ1v) is 13.9. The van der Waals surface area contributed by atoms with Crippen LogP contribution in [-0.4, -0.2) is 58.6 Å². The van der Waals surface area contributed by atoms with Gasteiger partial charge in [0.15, 0.2) is 17.6 Å². The summed E-state index contributed by atoms with van der Waals surface area (Å²) in [5, 5.41) is 10.5. The first-order chi connectivity index (χ1) is 18.6. The van der Waals surface area contributed by atoms with Crippen LogP contribution in [0.5, 0.6) is 5.75 Å². The molecule has 0 aliphatic carbocycles. The van der Waals surface area contributed by atoms with E-state index in [0.29, 0.717) is 32.8 Å². The molecule has 198 valence electrons. The zero-order valence-corrected chi connectivity index (χ0v) is 22.5. The van der Waals surface area contributed by atoms with Crippen molar-refractivity contribution in [3.05, 3.63) is 77.1 Å². The first kappa shape index (κ1) is 25.9. The maximum atomic E-state index is 11.9. The zero-order chi connectivity index (χ0) is 26.3. The number of nitrogens with one attached hydrogen (secondary N) is 1. The molecule has 0 unspecified atom stereocenters. The number of ether oxygens (including phenoxy) is 1. The number of hydrogen-bond donors (Lipinski definition) is 2. The van der Waals surface area contributed by atoms with E-state index in [0.717, 1.165) is 59.1 Å². The van der Waals surface area contributed by atoms with Crippen LogP contribution in [0.25, 0.3) is 16.3 Å². The van der Waals surface area contributed by atoms with E-state index in [2.05, 4.69) is 40.2 Å². The van der Waals surface area contributed by atoms with E-state index < -0.39 is 0 Å². The van der Waals surface area contributed by atoms with Gasteiger partial charge >= 0.3 is 6.03 Å². The van der Waals surface area contributed by atoms with Gasteiger partial charge in [-0.05, 0) is 43.5 Å². The van der Waals surface area contributed by atoms with E-state index >= 15 is 0 Å². The second-order valence-electron chi connectivity index (χ2n) is 9.35. The molecule has 1 saturated heterocycles.